The van der Waals surface area contributed by atoms with Crippen LogP contribution in [0, 0.1) is 11.8 Å². The Bertz CT molecular complexity index is 563. The van der Waals surface area contributed by atoms with Crippen LogP contribution in [-0.4, -0.2) is 30.7 Å². The lowest BCUT2D eigenvalue weighted by atomic mass is 9.60. The Morgan fingerprint density at radius 3 is 2.38 bits per heavy atom. The fourth-order valence-electron chi connectivity index (χ4n) is 5.88. The van der Waals surface area contributed by atoms with Gasteiger partial charge in [0.05, 0.1) is 26.2 Å². The van der Waals surface area contributed by atoms with Crippen LogP contribution in [0.3, 0.4) is 0 Å². The number of hydrogen-bond acceptors (Lipinski definition) is 0. The van der Waals surface area contributed by atoms with Gasteiger partial charge in [-0.3, -0.25) is 0 Å². The van der Waals surface area contributed by atoms with Crippen molar-refractivity contribution in [2.75, 3.05) is 20.1 Å². The van der Waals surface area contributed by atoms with Gasteiger partial charge in [0.2, 0.25) is 0 Å². The van der Waals surface area contributed by atoms with Crippen LogP contribution in [-0.2, 0) is 5.41 Å². The van der Waals surface area contributed by atoms with Crippen LogP contribution in [0.15, 0.2) is 42.5 Å². The van der Waals surface area contributed by atoms with Crippen LogP contribution in [0.25, 0.3) is 0 Å². The van der Waals surface area contributed by atoms with Gasteiger partial charge in [0.25, 0.3) is 0 Å². The van der Waals surface area contributed by atoms with Crippen molar-refractivity contribution in [1.29, 1.82) is 0 Å². The number of likely N-dealkylation sites (tertiary alicyclic amines) is 1. The van der Waals surface area contributed by atoms with E-state index < -0.39 is 0 Å². The van der Waals surface area contributed by atoms with Crippen molar-refractivity contribution in [1.82, 2.24) is 0 Å². The van der Waals surface area contributed by atoms with E-state index >= 15 is 0 Å². The molecular formula is C25H42N+. The Hall–Kier alpha value is -1.08. The molecule has 2 rings (SSSR count). The third-order valence-electron chi connectivity index (χ3n) is 7.35. The highest BCUT2D eigenvalue weighted by Crippen LogP contribution is 2.49. The van der Waals surface area contributed by atoms with E-state index in [1.54, 1.807) is 5.56 Å². The summed E-state index contributed by atoms with van der Waals surface area (Å²) < 4.78 is 1.27. The molecule has 5 atom stereocenters. The third kappa shape index (κ3) is 4.25. The molecule has 0 aliphatic carbocycles. The van der Waals surface area contributed by atoms with E-state index in [9.17, 15) is 0 Å². The summed E-state index contributed by atoms with van der Waals surface area (Å²) in [6, 6.07) is 12.2. The first-order chi connectivity index (χ1) is 12.5. The summed E-state index contributed by atoms with van der Waals surface area (Å²) in [4.78, 5) is 0. The van der Waals surface area contributed by atoms with Crippen molar-refractivity contribution in [3.63, 3.8) is 0 Å². The van der Waals surface area contributed by atoms with Gasteiger partial charge in [-0.05, 0) is 38.2 Å². The van der Waals surface area contributed by atoms with Crippen molar-refractivity contribution in [2.45, 2.75) is 78.2 Å². The summed E-state index contributed by atoms with van der Waals surface area (Å²) in [5.74, 6) is 1.53. The predicted molar refractivity (Wildman–Crippen MR) is 115 cm³/mol. The molecular weight excluding hydrogens is 314 g/mol. The lowest BCUT2D eigenvalue weighted by molar-refractivity contribution is -0.946. The molecule has 1 heterocycles. The maximum Gasteiger partial charge on any atom is 0.0894 e. The number of piperidine rings is 1. The maximum absolute atomic E-state index is 2.55. The summed E-state index contributed by atoms with van der Waals surface area (Å²) in [7, 11) is 2.55. The van der Waals surface area contributed by atoms with E-state index in [4.69, 9.17) is 0 Å². The van der Waals surface area contributed by atoms with Crippen molar-refractivity contribution < 1.29 is 4.48 Å². The molecule has 0 bridgehead atoms. The van der Waals surface area contributed by atoms with Gasteiger partial charge in [-0.15, -0.1) is 0 Å². The summed E-state index contributed by atoms with van der Waals surface area (Å²) in [5.41, 5.74) is 1.95. The predicted octanol–water partition coefficient (Wildman–Crippen LogP) is 6.59. The van der Waals surface area contributed by atoms with E-state index in [-0.39, 0.29) is 0 Å². The van der Waals surface area contributed by atoms with Gasteiger partial charge in [-0.2, -0.15) is 0 Å². The van der Waals surface area contributed by atoms with Gasteiger partial charge >= 0.3 is 0 Å². The number of benzene rings is 1. The van der Waals surface area contributed by atoms with Gasteiger partial charge in [0.15, 0.2) is 0 Å². The normalized spacial score (nSPS) is 33.5. The topological polar surface area (TPSA) is 0 Å². The second-order valence-corrected chi connectivity index (χ2v) is 9.00. The van der Waals surface area contributed by atoms with E-state index in [0.717, 1.165) is 17.9 Å². The molecule has 1 aliphatic rings. The Balaban J connectivity index is 2.33. The Kier molecular flexibility index (Phi) is 7.52. The molecule has 1 fully saturated rings. The van der Waals surface area contributed by atoms with E-state index in [1.165, 1.54) is 49.7 Å². The number of allylic oxidation sites excluding steroid dienone is 2. The zero-order valence-electron chi connectivity index (χ0n) is 18.2. The molecule has 1 heteroatoms. The average molecular weight is 357 g/mol. The zero-order chi connectivity index (χ0) is 19.2. The van der Waals surface area contributed by atoms with Gasteiger partial charge in [0.1, 0.15) is 0 Å². The van der Waals surface area contributed by atoms with Crippen LogP contribution in [0.5, 0.6) is 0 Å². The second-order valence-electron chi connectivity index (χ2n) is 9.00. The zero-order valence-corrected chi connectivity index (χ0v) is 18.2. The summed E-state index contributed by atoms with van der Waals surface area (Å²) >= 11 is 0. The molecule has 26 heavy (non-hydrogen) atoms. The van der Waals surface area contributed by atoms with Crippen LogP contribution < -0.4 is 0 Å². The largest absolute Gasteiger partial charge is 0.323 e. The van der Waals surface area contributed by atoms with E-state index in [1.807, 2.05) is 0 Å². The Morgan fingerprint density at radius 1 is 1.15 bits per heavy atom. The average Bonchev–Trinajstić information content (AvgIpc) is 2.66. The Labute approximate surface area is 163 Å². The standard InChI is InChI=1S/C25H42N/c1-7-11-15-21(5)19-26(6)20-22(8-2)25(10-4,18-24(26)9-3)23-16-13-12-14-17-23/h7,11-14,16-17,21-22,24H,8-10,15,18-20H2,1-6H3/q+1/b11-7+. The molecule has 0 aromatic heterocycles. The quantitative estimate of drug-likeness (QED) is 0.364. The molecule has 0 spiro atoms. The summed E-state index contributed by atoms with van der Waals surface area (Å²) in [6.45, 7) is 14.5. The van der Waals surface area contributed by atoms with Gasteiger partial charge in [-0.1, -0.05) is 70.2 Å². The SMILES string of the molecule is C/C=C/CC(C)C[N+]1(C)CC(CC)C(CC)(c2ccccc2)CC1CC. The number of rotatable bonds is 8. The molecule has 0 saturated carbocycles. The minimum atomic E-state index is 0.362. The van der Waals surface area contributed by atoms with Crippen LogP contribution >= 0.6 is 0 Å². The molecule has 0 amide bonds. The molecule has 1 nitrogen and oxygen atoms in total. The van der Waals surface area contributed by atoms with Crippen molar-refractivity contribution in [3.8, 4) is 0 Å². The highest BCUT2D eigenvalue weighted by atomic mass is 15.4. The summed E-state index contributed by atoms with van der Waals surface area (Å²) in [5, 5.41) is 0. The highest BCUT2D eigenvalue weighted by Gasteiger charge is 2.51. The van der Waals surface area contributed by atoms with Gasteiger partial charge in [-0.25, -0.2) is 0 Å². The summed E-state index contributed by atoms with van der Waals surface area (Å²) in [6.07, 6.45) is 11.0. The first-order valence-corrected chi connectivity index (χ1v) is 11.0. The first kappa shape index (κ1) is 21.2. The number of nitrogens with zero attached hydrogens (tertiary/aromatic N) is 1. The molecule has 1 aromatic carbocycles. The lowest BCUT2D eigenvalue weighted by Gasteiger charge is -2.56. The van der Waals surface area contributed by atoms with Crippen molar-refractivity contribution >= 4 is 0 Å². The number of quaternary nitrogens is 1. The Morgan fingerprint density at radius 2 is 1.85 bits per heavy atom. The van der Waals surface area contributed by atoms with Crippen LogP contribution in [0.2, 0.25) is 0 Å². The highest BCUT2D eigenvalue weighted by molar-refractivity contribution is 5.27. The smallest absolute Gasteiger partial charge is 0.0894 e. The second kappa shape index (κ2) is 9.22. The fraction of sp³-hybridized carbons (Fsp3) is 0.680. The minimum absolute atomic E-state index is 0.362. The maximum atomic E-state index is 2.55. The molecule has 1 saturated heterocycles. The van der Waals surface area contributed by atoms with Gasteiger partial charge in [0, 0.05) is 23.7 Å². The van der Waals surface area contributed by atoms with E-state index in [0.29, 0.717) is 5.41 Å². The van der Waals surface area contributed by atoms with Crippen molar-refractivity contribution in [2.24, 2.45) is 11.8 Å². The monoisotopic (exact) mass is 356 g/mol. The van der Waals surface area contributed by atoms with Gasteiger partial charge < -0.3 is 4.48 Å². The van der Waals surface area contributed by atoms with Crippen molar-refractivity contribution in [3.05, 3.63) is 48.0 Å². The molecule has 0 N–H and O–H groups in total. The molecule has 0 radical (unpaired) electrons. The lowest BCUT2D eigenvalue weighted by Crippen LogP contribution is -2.64. The van der Waals surface area contributed by atoms with Crippen LogP contribution in [0.4, 0.5) is 0 Å². The molecule has 5 unspecified atom stereocenters. The molecule has 1 aromatic rings. The fourth-order valence-corrected chi connectivity index (χ4v) is 5.88. The first-order valence-electron chi connectivity index (χ1n) is 11.0. The molecule has 146 valence electrons. The number of hydrogen-bond donors (Lipinski definition) is 0. The molecule has 1 aliphatic heterocycles. The van der Waals surface area contributed by atoms with Crippen LogP contribution in [0.1, 0.15) is 72.3 Å². The minimum Gasteiger partial charge on any atom is -0.323 e. The third-order valence-corrected chi connectivity index (χ3v) is 7.35. The van der Waals surface area contributed by atoms with E-state index in [2.05, 4.69) is 84.2 Å².